The lowest BCUT2D eigenvalue weighted by Crippen LogP contribution is -2.28. The summed E-state index contributed by atoms with van der Waals surface area (Å²) in [5.41, 5.74) is -0.762. The minimum atomic E-state index is -3.04. The van der Waals surface area contributed by atoms with E-state index >= 15 is 0 Å². The second kappa shape index (κ2) is 6.58. The topological polar surface area (TPSA) is 46.9 Å². The molecule has 1 unspecified atom stereocenters. The number of amides is 1. The fourth-order valence-corrected chi connectivity index (χ4v) is 2.86. The van der Waals surface area contributed by atoms with Gasteiger partial charge in [-0.2, -0.15) is 9.49 Å². The van der Waals surface area contributed by atoms with Crippen molar-refractivity contribution in [3.05, 3.63) is 65.2 Å². The second-order valence-electron chi connectivity index (χ2n) is 5.74. The average molecular weight is 347 g/mol. The molecule has 4 nitrogen and oxygen atoms in total. The van der Waals surface area contributed by atoms with E-state index in [1.165, 1.54) is 7.05 Å². The van der Waals surface area contributed by atoms with Gasteiger partial charge < -0.3 is 5.32 Å². The molecule has 3 rings (SSSR count). The first-order valence-corrected chi connectivity index (χ1v) is 7.69. The summed E-state index contributed by atoms with van der Waals surface area (Å²) in [5.74, 6) is -2.00. The molecule has 1 aromatic heterocycles. The Hall–Kier alpha value is -2.83. The molecule has 0 bridgehead atoms. The molecule has 2 aromatic carbocycles. The van der Waals surface area contributed by atoms with Crippen molar-refractivity contribution in [3.8, 4) is 0 Å². The summed E-state index contributed by atoms with van der Waals surface area (Å²) in [6.07, 6.45) is -3.04. The molecule has 0 aliphatic heterocycles. The van der Waals surface area contributed by atoms with Gasteiger partial charge in [0.05, 0.1) is 6.04 Å². The van der Waals surface area contributed by atoms with Crippen molar-refractivity contribution in [2.24, 2.45) is 7.05 Å². The van der Waals surface area contributed by atoms with Gasteiger partial charge in [-0.05, 0) is 23.3 Å². The number of rotatable bonds is 4. The molecular weight excluding hydrogens is 331 g/mol. The number of hydrogen-bond donors (Lipinski definition) is 1. The van der Waals surface area contributed by atoms with E-state index in [-0.39, 0.29) is 0 Å². The first-order valence-electron chi connectivity index (χ1n) is 7.69. The molecule has 1 atom stereocenters. The minimum Gasteiger partial charge on any atom is -0.345 e. The molecule has 0 spiro atoms. The number of benzene rings is 2. The first kappa shape index (κ1) is 17.0. The fourth-order valence-electron chi connectivity index (χ4n) is 2.86. The van der Waals surface area contributed by atoms with Crippen LogP contribution in [0.4, 0.5) is 13.2 Å². The van der Waals surface area contributed by atoms with E-state index in [0.29, 0.717) is 4.68 Å². The van der Waals surface area contributed by atoms with Crippen molar-refractivity contribution in [1.29, 1.82) is 0 Å². The SMILES string of the molecule is CC(NC(=O)c1c(C(F)F)nn(C)c1F)c1cccc2ccccc12. The Balaban J connectivity index is 1.93. The van der Waals surface area contributed by atoms with Crippen LogP contribution in [0.2, 0.25) is 0 Å². The smallest absolute Gasteiger partial charge is 0.283 e. The number of aryl methyl sites for hydroxylation is 1. The zero-order valence-electron chi connectivity index (χ0n) is 13.6. The molecular formula is C18H16F3N3O. The van der Waals surface area contributed by atoms with Crippen LogP contribution in [0.3, 0.4) is 0 Å². The van der Waals surface area contributed by atoms with Crippen LogP contribution in [-0.2, 0) is 7.05 Å². The summed E-state index contributed by atoms with van der Waals surface area (Å²) < 4.78 is 40.7. The van der Waals surface area contributed by atoms with Gasteiger partial charge in [-0.3, -0.25) is 4.79 Å². The number of nitrogens with one attached hydrogen (secondary N) is 1. The summed E-state index contributed by atoms with van der Waals surface area (Å²) in [6.45, 7) is 1.72. The van der Waals surface area contributed by atoms with Crippen LogP contribution in [0.25, 0.3) is 10.8 Å². The van der Waals surface area contributed by atoms with Gasteiger partial charge in [-0.25, -0.2) is 13.5 Å². The lowest BCUT2D eigenvalue weighted by atomic mass is 9.99. The van der Waals surface area contributed by atoms with Crippen LogP contribution < -0.4 is 5.32 Å². The number of hydrogen-bond acceptors (Lipinski definition) is 2. The normalized spacial score (nSPS) is 12.6. The molecule has 3 aromatic rings. The van der Waals surface area contributed by atoms with Crippen molar-refractivity contribution in [2.45, 2.75) is 19.4 Å². The lowest BCUT2D eigenvalue weighted by Gasteiger charge is -2.16. The van der Waals surface area contributed by atoms with E-state index in [1.807, 2.05) is 42.5 Å². The van der Waals surface area contributed by atoms with Crippen molar-refractivity contribution in [2.75, 3.05) is 0 Å². The standard InChI is InChI=1S/C18H16F3N3O/c1-10(12-9-5-7-11-6-3-4-8-13(11)12)22-18(25)14-15(16(19)20)23-24(2)17(14)21/h3-10,16H,1-2H3,(H,22,25). The molecule has 25 heavy (non-hydrogen) atoms. The van der Waals surface area contributed by atoms with Crippen LogP contribution in [-0.4, -0.2) is 15.7 Å². The highest BCUT2D eigenvalue weighted by atomic mass is 19.3. The predicted molar refractivity (Wildman–Crippen MR) is 88.0 cm³/mol. The predicted octanol–water partition coefficient (Wildman–Crippen LogP) is 4.14. The van der Waals surface area contributed by atoms with Gasteiger partial charge in [0.25, 0.3) is 12.3 Å². The Morgan fingerprint density at radius 3 is 2.56 bits per heavy atom. The van der Waals surface area contributed by atoms with Crippen molar-refractivity contribution < 1.29 is 18.0 Å². The number of halogens is 3. The van der Waals surface area contributed by atoms with Gasteiger partial charge >= 0.3 is 0 Å². The Bertz CT molecular complexity index is 931. The monoisotopic (exact) mass is 347 g/mol. The van der Waals surface area contributed by atoms with Gasteiger partial charge in [-0.15, -0.1) is 0 Å². The van der Waals surface area contributed by atoms with Crippen LogP contribution in [0.5, 0.6) is 0 Å². The van der Waals surface area contributed by atoms with Crippen LogP contribution in [0, 0.1) is 5.95 Å². The zero-order chi connectivity index (χ0) is 18.1. The maximum atomic E-state index is 14.0. The molecule has 1 amide bonds. The van der Waals surface area contributed by atoms with Gasteiger partial charge in [0, 0.05) is 7.05 Å². The third-order valence-electron chi connectivity index (χ3n) is 4.08. The highest BCUT2D eigenvalue weighted by molar-refractivity contribution is 5.96. The number of carbonyl (C=O) groups excluding carboxylic acids is 1. The first-order chi connectivity index (χ1) is 11.9. The molecule has 130 valence electrons. The third kappa shape index (κ3) is 3.09. The number of aromatic nitrogens is 2. The Kier molecular flexibility index (Phi) is 4.48. The van der Waals surface area contributed by atoms with Gasteiger partial charge in [-0.1, -0.05) is 42.5 Å². The summed E-state index contributed by atoms with van der Waals surface area (Å²) in [6, 6.07) is 12.7. The van der Waals surface area contributed by atoms with E-state index in [9.17, 15) is 18.0 Å². The molecule has 1 heterocycles. The average Bonchev–Trinajstić information content (AvgIpc) is 2.90. The minimum absolute atomic E-state index is 0.497. The zero-order valence-corrected chi connectivity index (χ0v) is 13.6. The van der Waals surface area contributed by atoms with E-state index in [4.69, 9.17) is 0 Å². The Morgan fingerprint density at radius 1 is 1.16 bits per heavy atom. The van der Waals surface area contributed by atoms with E-state index < -0.39 is 35.6 Å². The molecule has 0 saturated heterocycles. The molecule has 7 heteroatoms. The van der Waals surface area contributed by atoms with Crippen molar-refractivity contribution in [3.63, 3.8) is 0 Å². The fraction of sp³-hybridized carbons (Fsp3) is 0.222. The number of alkyl halides is 2. The van der Waals surface area contributed by atoms with Gasteiger partial charge in [0.2, 0.25) is 5.95 Å². The Labute approximate surface area is 142 Å². The lowest BCUT2D eigenvalue weighted by molar-refractivity contribution is 0.0921. The summed E-state index contributed by atoms with van der Waals surface area (Å²) >= 11 is 0. The molecule has 0 aliphatic carbocycles. The number of nitrogens with zero attached hydrogens (tertiary/aromatic N) is 2. The third-order valence-corrected chi connectivity index (χ3v) is 4.08. The Morgan fingerprint density at radius 2 is 1.84 bits per heavy atom. The molecule has 0 aliphatic rings. The van der Waals surface area contributed by atoms with E-state index in [0.717, 1.165) is 16.3 Å². The van der Waals surface area contributed by atoms with Crippen molar-refractivity contribution >= 4 is 16.7 Å². The second-order valence-corrected chi connectivity index (χ2v) is 5.74. The summed E-state index contributed by atoms with van der Waals surface area (Å²) in [5, 5.41) is 7.90. The molecule has 0 radical (unpaired) electrons. The maximum Gasteiger partial charge on any atom is 0.283 e. The number of carbonyl (C=O) groups is 1. The maximum absolute atomic E-state index is 14.0. The van der Waals surface area contributed by atoms with Crippen molar-refractivity contribution in [1.82, 2.24) is 15.1 Å². The summed E-state index contributed by atoms with van der Waals surface area (Å²) in [4.78, 5) is 12.4. The molecule has 0 fully saturated rings. The van der Waals surface area contributed by atoms with Gasteiger partial charge in [0.1, 0.15) is 11.3 Å². The molecule has 0 saturated carbocycles. The van der Waals surface area contributed by atoms with Crippen LogP contribution >= 0.6 is 0 Å². The van der Waals surface area contributed by atoms with Gasteiger partial charge in [0.15, 0.2) is 0 Å². The van der Waals surface area contributed by atoms with Crippen LogP contribution in [0.15, 0.2) is 42.5 Å². The van der Waals surface area contributed by atoms with Crippen LogP contribution in [0.1, 0.15) is 41.0 Å². The highest BCUT2D eigenvalue weighted by Crippen LogP contribution is 2.27. The van der Waals surface area contributed by atoms with E-state index in [1.54, 1.807) is 6.92 Å². The quantitative estimate of drug-likeness (QED) is 0.771. The highest BCUT2D eigenvalue weighted by Gasteiger charge is 2.29. The molecule has 1 N–H and O–H groups in total. The number of fused-ring (bicyclic) bond motifs is 1. The summed E-state index contributed by atoms with van der Waals surface area (Å²) in [7, 11) is 1.17. The largest absolute Gasteiger partial charge is 0.345 e. The van der Waals surface area contributed by atoms with E-state index in [2.05, 4.69) is 10.4 Å².